The Morgan fingerprint density at radius 2 is 1.57 bits per heavy atom. The van der Waals surface area contributed by atoms with Crippen molar-refractivity contribution in [2.45, 2.75) is 12.5 Å². The lowest BCUT2D eigenvalue weighted by atomic mass is 9.89. The van der Waals surface area contributed by atoms with Crippen LogP contribution in [0.5, 0.6) is 0 Å². The molecule has 23 heavy (non-hydrogen) atoms. The third-order valence-electron chi connectivity index (χ3n) is 4.41. The second-order valence-corrected chi connectivity index (χ2v) is 6.06. The molecular formula is C19H22N2O2. The third kappa shape index (κ3) is 3.90. The number of likely N-dealkylation sites (tertiary alicyclic amines) is 1. The van der Waals surface area contributed by atoms with E-state index in [0.29, 0.717) is 12.5 Å². The van der Waals surface area contributed by atoms with Crippen LogP contribution in [0, 0.1) is 5.92 Å². The van der Waals surface area contributed by atoms with Crippen molar-refractivity contribution in [1.82, 2.24) is 10.2 Å². The van der Waals surface area contributed by atoms with Crippen molar-refractivity contribution >= 4 is 6.09 Å². The molecule has 1 aliphatic rings. The van der Waals surface area contributed by atoms with E-state index >= 15 is 0 Å². The predicted octanol–water partition coefficient (Wildman–Crippen LogP) is 3.37. The van der Waals surface area contributed by atoms with Gasteiger partial charge in [0.2, 0.25) is 0 Å². The molecule has 1 saturated heterocycles. The predicted molar refractivity (Wildman–Crippen MR) is 90.4 cm³/mol. The number of amides is 1. The minimum atomic E-state index is -0.937. The first kappa shape index (κ1) is 15.6. The maximum atomic E-state index is 10.5. The van der Waals surface area contributed by atoms with Gasteiger partial charge in [-0.25, -0.2) is 4.79 Å². The third-order valence-corrected chi connectivity index (χ3v) is 4.41. The molecule has 3 rings (SSSR count). The first-order valence-electron chi connectivity index (χ1n) is 8.05. The quantitative estimate of drug-likeness (QED) is 0.860. The molecule has 0 saturated carbocycles. The second-order valence-electron chi connectivity index (χ2n) is 6.06. The summed E-state index contributed by atoms with van der Waals surface area (Å²) in [5, 5.41) is 11.1. The van der Waals surface area contributed by atoms with Gasteiger partial charge in [0.1, 0.15) is 0 Å². The van der Waals surface area contributed by atoms with Crippen LogP contribution in [0.15, 0.2) is 60.7 Å². The standard InChI is InChI=1S/C19H22N2O2/c22-19(23)20-12-11-15-13-21(14-15)18(16-7-3-1-4-8-16)17-9-5-2-6-10-17/h1-10,15,18,20H,11-14H2,(H,22,23). The van der Waals surface area contributed by atoms with Gasteiger partial charge in [-0.05, 0) is 23.5 Å². The van der Waals surface area contributed by atoms with Crippen molar-refractivity contribution in [3.8, 4) is 0 Å². The molecule has 0 aromatic heterocycles. The molecular weight excluding hydrogens is 288 g/mol. The van der Waals surface area contributed by atoms with Gasteiger partial charge >= 0.3 is 6.09 Å². The average molecular weight is 310 g/mol. The lowest BCUT2D eigenvalue weighted by molar-refractivity contribution is 0.0636. The van der Waals surface area contributed by atoms with Crippen molar-refractivity contribution < 1.29 is 9.90 Å². The minimum absolute atomic E-state index is 0.279. The van der Waals surface area contributed by atoms with E-state index in [1.807, 2.05) is 12.1 Å². The monoisotopic (exact) mass is 310 g/mol. The van der Waals surface area contributed by atoms with E-state index in [4.69, 9.17) is 5.11 Å². The molecule has 1 heterocycles. The fourth-order valence-electron chi connectivity index (χ4n) is 3.27. The number of carboxylic acid groups (broad SMARTS) is 1. The first-order chi connectivity index (χ1) is 11.2. The highest BCUT2D eigenvalue weighted by molar-refractivity contribution is 5.64. The number of hydrogen-bond acceptors (Lipinski definition) is 2. The Kier molecular flexibility index (Phi) is 4.93. The van der Waals surface area contributed by atoms with Gasteiger partial charge in [-0.3, -0.25) is 4.90 Å². The molecule has 0 radical (unpaired) electrons. The Morgan fingerprint density at radius 3 is 2.04 bits per heavy atom. The number of nitrogens with one attached hydrogen (secondary N) is 1. The van der Waals surface area contributed by atoms with Gasteiger partial charge in [0, 0.05) is 19.6 Å². The largest absolute Gasteiger partial charge is 0.465 e. The van der Waals surface area contributed by atoms with E-state index in [-0.39, 0.29) is 6.04 Å². The molecule has 2 aromatic rings. The van der Waals surface area contributed by atoms with Crippen molar-refractivity contribution in [3.63, 3.8) is 0 Å². The average Bonchev–Trinajstić information content (AvgIpc) is 2.54. The zero-order valence-corrected chi connectivity index (χ0v) is 13.1. The fraction of sp³-hybridized carbons (Fsp3) is 0.316. The van der Waals surface area contributed by atoms with E-state index in [1.54, 1.807) is 0 Å². The number of rotatable bonds is 6. The Labute approximate surface area is 136 Å². The van der Waals surface area contributed by atoms with Gasteiger partial charge in [-0.2, -0.15) is 0 Å². The molecule has 0 unspecified atom stereocenters. The summed E-state index contributed by atoms with van der Waals surface area (Å²) in [7, 11) is 0. The van der Waals surface area contributed by atoms with Crippen LogP contribution in [0.4, 0.5) is 4.79 Å². The van der Waals surface area contributed by atoms with Crippen LogP contribution in [0.2, 0.25) is 0 Å². The topological polar surface area (TPSA) is 52.6 Å². The van der Waals surface area contributed by atoms with Crippen LogP contribution < -0.4 is 5.32 Å². The zero-order valence-electron chi connectivity index (χ0n) is 13.1. The molecule has 1 amide bonds. The maximum Gasteiger partial charge on any atom is 0.404 e. The van der Waals surface area contributed by atoms with E-state index in [2.05, 4.69) is 58.7 Å². The van der Waals surface area contributed by atoms with Gasteiger partial charge in [0.15, 0.2) is 0 Å². The second kappa shape index (κ2) is 7.29. The van der Waals surface area contributed by atoms with Crippen LogP contribution >= 0.6 is 0 Å². The highest BCUT2D eigenvalue weighted by Crippen LogP contribution is 2.34. The molecule has 0 bridgehead atoms. The molecule has 1 fully saturated rings. The number of nitrogens with zero attached hydrogens (tertiary/aromatic N) is 1. The van der Waals surface area contributed by atoms with E-state index in [0.717, 1.165) is 19.5 Å². The Balaban J connectivity index is 1.66. The van der Waals surface area contributed by atoms with Gasteiger partial charge in [-0.15, -0.1) is 0 Å². The number of benzene rings is 2. The molecule has 0 atom stereocenters. The molecule has 0 aliphatic carbocycles. The summed E-state index contributed by atoms with van der Waals surface area (Å²) in [6, 6.07) is 21.4. The molecule has 4 nitrogen and oxygen atoms in total. The van der Waals surface area contributed by atoms with Crippen LogP contribution in [0.3, 0.4) is 0 Å². The zero-order chi connectivity index (χ0) is 16.1. The van der Waals surface area contributed by atoms with Crippen molar-refractivity contribution in [2.75, 3.05) is 19.6 Å². The van der Waals surface area contributed by atoms with Crippen LogP contribution in [-0.4, -0.2) is 35.7 Å². The fourth-order valence-corrected chi connectivity index (χ4v) is 3.27. The molecule has 0 spiro atoms. The lowest BCUT2D eigenvalue weighted by Gasteiger charge is -2.45. The normalized spacial score (nSPS) is 15.3. The summed E-state index contributed by atoms with van der Waals surface area (Å²) in [5.74, 6) is 0.566. The van der Waals surface area contributed by atoms with Crippen molar-refractivity contribution in [2.24, 2.45) is 5.92 Å². The molecule has 1 aliphatic heterocycles. The van der Waals surface area contributed by atoms with E-state index < -0.39 is 6.09 Å². The SMILES string of the molecule is O=C(O)NCCC1CN(C(c2ccccc2)c2ccccc2)C1. The minimum Gasteiger partial charge on any atom is -0.465 e. The van der Waals surface area contributed by atoms with E-state index in [9.17, 15) is 4.79 Å². The summed E-state index contributed by atoms with van der Waals surface area (Å²) in [5.41, 5.74) is 2.61. The Morgan fingerprint density at radius 1 is 1.04 bits per heavy atom. The van der Waals surface area contributed by atoms with Gasteiger partial charge in [0.05, 0.1) is 6.04 Å². The maximum absolute atomic E-state index is 10.5. The van der Waals surface area contributed by atoms with Crippen LogP contribution in [0.25, 0.3) is 0 Å². The summed E-state index contributed by atoms with van der Waals surface area (Å²) in [4.78, 5) is 13.0. The number of carbonyl (C=O) groups is 1. The van der Waals surface area contributed by atoms with Crippen LogP contribution in [-0.2, 0) is 0 Å². The molecule has 2 aromatic carbocycles. The molecule has 120 valence electrons. The highest BCUT2D eigenvalue weighted by Gasteiger charge is 2.33. The van der Waals surface area contributed by atoms with Crippen LogP contribution in [0.1, 0.15) is 23.6 Å². The summed E-state index contributed by atoms with van der Waals surface area (Å²) >= 11 is 0. The summed E-state index contributed by atoms with van der Waals surface area (Å²) < 4.78 is 0. The van der Waals surface area contributed by atoms with E-state index in [1.165, 1.54) is 11.1 Å². The first-order valence-corrected chi connectivity index (χ1v) is 8.05. The van der Waals surface area contributed by atoms with Gasteiger partial charge in [0.25, 0.3) is 0 Å². The Hall–Kier alpha value is -2.33. The smallest absolute Gasteiger partial charge is 0.404 e. The van der Waals surface area contributed by atoms with Crippen molar-refractivity contribution in [3.05, 3.63) is 71.8 Å². The Bertz CT molecular complexity index is 585. The van der Waals surface area contributed by atoms with Gasteiger partial charge < -0.3 is 10.4 Å². The van der Waals surface area contributed by atoms with Crippen molar-refractivity contribution in [1.29, 1.82) is 0 Å². The molecule has 2 N–H and O–H groups in total. The van der Waals surface area contributed by atoms with Gasteiger partial charge in [-0.1, -0.05) is 60.7 Å². The lowest BCUT2D eigenvalue weighted by Crippen LogP contribution is -2.49. The summed E-state index contributed by atoms with van der Waals surface area (Å²) in [6.07, 6.45) is -0.0355. The number of hydrogen-bond donors (Lipinski definition) is 2. The highest BCUT2D eigenvalue weighted by atomic mass is 16.4. The molecule has 4 heteroatoms. The summed E-state index contributed by atoms with van der Waals surface area (Å²) in [6.45, 7) is 2.56.